The number of methoxy groups -OCH3 is 1. The third kappa shape index (κ3) is 4.72. The zero-order valence-corrected chi connectivity index (χ0v) is 12.1. The van der Waals surface area contributed by atoms with Gasteiger partial charge in [0.15, 0.2) is 0 Å². The van der Waals surface area contributed by atoms with Crippen molar-refractivity contribution < 1.29 is 14.3 Å². The molecule has 1 aromatic carbocycles. The van der Waals surface area contributed by atoms with E-state index in [0.717, 1.165) is 19.3 Å². The molecule has 0 heterocycles. The average molecular weight is 288 g/mol. The van der Waals surface area contributed by atoms with E-state index in [2.05, 4.69) is 22.8 Å². The van der Waals surface area contributed by atoms with Crippen molar-refractivity contribution in [2.75, 3.05) is 24.4 Å². The van der Waals surface area contributed by atoms with Crippen LogP contribution in [0.2, 0.25) is 0 Å². The lowest BCUT2D eigenvalue weighted by Crippen LogP contribution is -2.23. The number of hydrogen-bond acceptors (Lipinski definition) is 3. The summed E-state index contributed by atoms with van der Waals surface area (Å²) in [6.45, 7) is 0.00496. The lowest BCUT2D eigenvalue weighted by Gasteiger charge is -2.17. The van der Waals surface area contributed by atoms with E-state index in [1.165, 1.54) is 7.11 Å². The number of ether oxygens (including phenoxy) is 1. The van der Waals surface area contributed by atoms with E-state index in [4.69, 9.17) is 4.74 Å². The van der Waals surface area contributed by atoms with Gasteiger partial charge in [-0.3, -0.25) is 9.59 Å². The summed E-state index contributed by atoms with van der Waals surface area (Å²) in [5, 5.41) is 5.61. The molecule has 0 saturated carbocycles. The van der Waals surface area contributed by atoms with Crippen LogP contribution in [0, 0.1) is 5.92 Å². The maximum Gasteiger partial charge on any atom is 0.250 e. The fourth-order valence-corrected chi connectivity index (χ4v) is 2.28. The van der Waals surface area contributed by atoms with Crippen LogP contribution >= 0.6 is 0 Å². The first-order valence-electron chi connectivity index (χ1n) is 7.04. The van der Waals surface area contributed by atoms with Crippen molar-refractivity contribution in [2.45, 2.75) is 19.3 Å². The van der Waals surface area contributed by atoms with Gasteiger partial charge in [-0.15, -0.1) is 0 Å². The highest BCUT2D eigenvalue weighted by Gasteiger charge is 2.18. The molecule has 5 heteroatoms. The lowest BCUT2D eigenvalue weighted by molar-refractivity contribution is -0.120. The molecule has 2 N–H and O–H groups in total. The van der Waals surface area contributed by atoms with Crippen molar-refractivity contribution in [3.63, 3.8) is 0 Å². The van der Waals surface area contributed by atoms with Gasteiger partial charge in [-0.05, 0) is 37.5 Å². The minimum atomic E-state index is -0.224. The van der Waals surface area contributed by atoms with E-state index in [1.807, 2.05) is 6.07 Å². The Bertz CT molecular complexity index is 540. The number of carbonyl (C=O) groups is 2. The number of nitrogens with one attached hydrogen (secondary N) is 2. The summed E-state index contributed by atoms with van der Waals surface area (Å²) in [4.78, 5) is 23.6. The summed E-state index contributed by atoms with van der Waals surface area (Å²) in [6, 6.07) is 7.11. The van der Waals surface area contributed by atoms with E-state index in [9.17, 15) is 9.59 Å². The molecule has 0 bridgehead atoms. The summed E-state index contributed by atoms with van der Waals surface area (Å²) in [7, 11) is 1.47. The van der Waals surface area contributed by atoms with E-state index < -0.39 is 0 Å². The molecule has 2 rings (SSSR count). The highest BCUT2D eigenvalue weighted by atomic mass is 16.5. The van der Waals surface area contributed by atoms with E-state index in [-0.39, 0.29) is 24.3 Å². The van der Waals surface area contributed by atoms with Crippen molar-refractivity contribution >= 4 is 23.2 Å². The lowest BCUT2D eigenvalue weighted by atomic mass is 9.93. The molecule has 0 spiro atoms. The van der Waals surface area contributed by atoms with Gasteiger partial charge >= 0.3 is 0 Å². The van der Waals surface area contributed by atoms with Crippen LogP contribution in [0.15, 0.2) is 36.4 Å². The molecule has 112 valence electrons. The van der Waals surface area contributed by atoms with Crippen LogP contribution in [0.1, 0.15) is 19.3 Å². The molecule has 0 unspecified atom stereocenters. The van der Waals surface area contributed by atoms with Crippen LogP contribution in [0.3, 0.4) is 0 Å². The number of rotatable bonds is 5. The normalized spacial score (nSPS) is 17.3. The third-order valence-corrected chi connectivity index (χ3v) is 3.33. The van der Waals surface area contributed by atoms with E-state index in [1.54, 1.807) is 18.2 Å². The van der Waals surface area contributed by atoms with Gasteiger partial charge in [-0.1, -0.05) is 18.2 Å². The van der Waals surface area contributed by atoms with Gasteiger partial charge in [-0.25, -0.2) is 0 Å². The van der Waals surface area contributed by atoms with Crippen LogP contribution in [0.5, 0.6) is 0 Å². The SMILES string of the molecule is COCC(=O)Nc1cccc(NC(=O)[C@H]2CC=CCC2)c1. The molecule has 0 saturated heterocycles. The second kappa shape index (κ2) is 7.59. The Morgan fingerprint density at radius 2 is 2.00 bits per heavy atom. The minimum Gasteiger partial charge on any atom is -0.375 e. The highest BCUT2D eigenvalue weighted by molar-refractivity contribution is 5.95. The fourth-order valence-electron chi connectivity index (χ4n) is 2.28. The largest absolute Gasteiger partial charge is 0.375 e. The molecule has 2 amide bonds. The van der Waals surface area contributed by atoms with Crippen LogP contribution in [0.4, 0.5) is 11.4 Å². The average Bonchev–Trinajstić information content (AvgIpc) is 2.48. The van der Waals surface area contributed by atoms with E-state index in [0.29, 0.717) is 11.4 Å². The van der Waals surface area contributed by atoms with Crippen molar-refractivity contribution in [1.82, 2.24) is 0 Å². The number of benzene rings is 1. The zero-order chi connectivity index (χ0) is 15.1. The Labute approximate surface area is 124 Å². The number of anilines is 2. The van der Waals surface area contributed by atoms with E-state index >= 15 is 0 Å². The zero-order valence-electron chi connectivity index (χ0n) is 12.1. The second-order valence-electron chi connectivity index (χ2n) is 5.03. The fraction of sp³-hybridized carbons (Fsp3) is 0.375. The van der Waals surface area contributed by atoms with Gasteiger partial charge in [0.2, 0.25) is 11.8 Å². The molecule has 0 aromatic heterocycles. The van der Waals surface area contributed by atoms with Crippen LogP contribution in [0.25, 0.3) is 0 Å². The Balaban J connectivity index is 1.95. The number of carbonyl (C=O) groups excluding carboxylic acids is 2. The third-order valence-electron chi connectivity index (χ3n) is 3.33. The van der Waals surface area contributed by atoms with Crippen LogP contribution in [-0.2, 0) is 14.3 Å². The van der Waals surface area contributed by atoms with Crippen molar-refractivity contribution in [2.24, 2.45) is 5.92 Å². The summed E-state index contributed by atoms with van der Waals surface area (Å²) in [5.41, 5.74) is 1.32. The predicted molar refractivity (Wildman–Crippen MR) is 82.1 cm³/mol. The first-order valence-corrected chi connectivity index (χ1v) is 7.04. The quantitative estimate of drug-likeness (QED) is 0.818. The van der Waals surface area contributed by atoms with Crippen molar-refractivity contribution in [3.8, 4) is 0 Å². The Kier molecular flexibility index (Phi) is 5.51. The minimum absolute atomic E-state index is 0.00496. The molecular weight excluding hydrogens is 268 g/mol. The molecule has 0 aliphatic heterocycles. The second-order valence-corrected chi connectivity index (χ2v) is 5.03. The first kappa shape index (κ1) is 15.3. The maximum atomic E-state index is 12.2. The molecule has 1 aliphatic carbocycles. The maximum absolute atomic E-state index is 12.2. The van der Waals surface area contributed by atoms with Crippen molar-refractivity contribution in [1.29, 1.82) is 0 Å². The van der Waals surface area contributed by atoms with Gasteiger partial charge in [-0.2, -0.15) is 0 Å². The Morgan fingerprint density at radius 3 is 2.67 bits per heavy atom. The number of allylic oxidation sites excluding steroid dienone is 2. The number of amides is 2. The molecule has 5 nitrogen and oxygen atoms in total. The van der Waals surface area contributed by atoms with Crippen LogP contribution < -0.4 is 10.6 Å². The standard InChI is InChI=1S/C16H20N2O3/c1-21-11-15(19)17-13-8-5-9-14(10-13)18-16(20)12-6-3-2-4-7-12/h2-3,5,8-10,12H,4,6-7,11H2,1H3,(H,17,19)(H,18,20)/t12-/m0/s1. The smallest absolute Gasteiger partial charge is 0.250 e. The van der Waals surface area contributed by atoms with Crippen molar-refractivity contribution in [3.05, 3.63) is 36.4 Å². The molecular formula is C16H20N2O3. The molecule has 0 fully saturated rings. The summed E-state index contributed by atoms with van der Waals surface area (Å²) >= 11 is 0. The summed E-state index contributed by atoms with van der Waals surface area (Å²) < 4.78 is 4.76. The van der Waals surface area contributed by atoms with Crippen LogP contribution in [-0.4, -0.2) is 25.5 Å². The van der Waals surface area contributed by atoms with Gasteiger partial charge in [0, 0.05) is 24.4 Å². The first-order chi connectivity index (χ1) is 10.2. The van der Waals surface area contributed by atoms with Gasteiger partial charge in [0.25, 0.3) is 0 Å². The molecule has 21 heavy (non-hydrogen) atoms. The Hall–Kier alpha value is -2.14. The molecule has 1 aliphatic rings. The topological polar surface area (TPSA) is 67.4 Å². The highest BCUT2D eigenvalue weighted by Crippen LogP contribution is 2.21. The number of hydrogen-bond donors (Lipinski definition) is 2. The monoisotopic (exact) mass is 288 g/mol. The molecule has 0 radical (unpaired) electrons. The Morgan fingerprint density at radius 1 is 1.24 bits per heavy atom. The predicted octanol–water partition coefficient (Wildman–Crippen LogP) is 2.57. The summed E-state index contributed by atoms with van der Waals surface area (Å²) in [5.74, 6) is -0.167. The van der Waals surface area contributed by atoms with Gasteiger partial charge in [0.1, 0.15) is 6.61 Å². The molecule has 1 aromatic rings. The van der Waals surface area contributed by atoms with Gasteiger partial charge in [0.05, 0.1) is 0 Å². The summed E-state index contributed by atoms with van der Waals surface area (Å²) in [6.07, 6.45) is 6.78. The molecule has 1 atom stereocenters. The van der Waals surface area contributed by atoms with Gasteiger partial charge < -0.3 is 15.4 Å².